The smallest absolute Gasteiger partial charge is 0.292 e. The van der Waals surface area contributed by atoms with Crippen molar-refractivity contribution >= 4 is 11.4 Å². The molecule has 7 nitrogen and oxygen atoms in total. The number of nitro groups is 1. The number of nitrogens with two attached hydrogens (primary N) is 1. The van der Waals surface area contributed by atoms with Gasteiger partial charge in [0.15, 0.2) is 5.75 Å². The van der Waals surface area contributed by atoms with E-state index in [1.807, 2.05) is 0 Å². The van der Waals surface area contributed by atoms with Crippen molar-refractivity contribution in [1.29, 1.82) is 0 Å². The van der Waals surface area contributed by atoms with Crippen LogP contribution in [0.15, 0.2) is 30.7 Å². The SMILES string of the molecule is COc1cncnc1-c1ccc(N)c([N+](=O)[O-])c1. The Morgan fingerprint density at radius 3 is 2.89 bits per heavy atom. The van der Waals surface area contributed by atoms with Gasteiger partial charge in [-0.2, -0.15) is 0 Å². The summed E-state index contributed by atoms with van der Waals surface area (Å²) in [5, 5.41) is 10.8. The van der Waals surface area contributed by atoms with Gasteiger partial charge in [-0.25, -0.2) is 9.97 Å². The minimum atomic E-state index is -0.535. The fourth-order valence-corrected chi connectivity index (χ4v) is 1.53. The fourth-order valence-electron chi connectivity index (χ4n) is 1.53. The molecule has 0 radical (unpaired) electrons. The summed E-state index contributed by atoms with van der Waals surface area (Å²) in [4.78, 5) is 18.2. The molecule has 0 spiro atoms. The Balaban J connectivity index is 2.58. The molecule has 2 aromatic rings. The molecule has 0 saturated carbocycles. The highest BCUT2D eigenvalue weighted by Gasteiger charge is 2.15. The van der Waals surface area contributed by atoms with E-state index < -0.39 is 4.92 Å². The molecule has 2 rings (SSSR count). The molecule has 0 amide bonds. The van der Waals surface area contributed by atoms with Gasteiger partial charge in [0.25, 0.3) is 5.69 Å². The van der Waals surface area contributed by atoms with Crippen molar-refractivity contribution in [2.45, 2.75) is 0 Å². The summed E-state index contributed by atoms with van der Waals surface area (Å²) in [5.41, 5.74) is 6.52. The van der Waals surface area contributed by atoms with E-state index in [0.29, 0.717) is 17.0 Å². The number of aromatic nitrogens is 2. The van der Waals surface area contributed by atoms with Crippen LogP contribution in [0.3, 0.4) is 0 Å². The molecule has 18 heavy (non-hydrogen) atoms. The first-order valence-electron chi connectivity index (χ1n) is 5.01. The van der Waals surface area contributed by atoms with E-state index in [0.717, 1.165) is 0 Å². The molecule has 2 N–H and O–H groups in total. The number of ether oxygens (including phenoxy) is 1. The second-order valence-corrected chi connectivity index (χ2v) is 3.47. The number of methoxy groups -OCH3 is 1. The molecule has 1 aromatic heterocycles. The second kappa shape index (κ2) is 4.66. The summed E-state index contributed by atoms with van der Waals surface area (Å²) < 4.78 is 5.10. The van der Waals surface area contributed by atoms with Crippen LogP contribution < -0.4 is 10.5 Å². The largest absolute Gasteiger partial charge is 0.493 e. The molecule has 7 heteroatoms. The van der Waals surface area contributed by atoms with Gasteiger partial charge in [-0.3, -0.25) is 10.1 Å². The van der Waals surface area contributed by atoms with Gasteiger partial charge in [-0.15, -0.1) is 0 Å². The van der Waals surface area contributed by atoms with Crippen molar-refractivity contribution in [3.05, 3.63) is 40.8 Å². The standard InChI is InChI=1S/C11H10N4O3/c1-18-10-5-13-6-14-11(10)7-2-3-8(12)9(4-7)15(16)17/h2-6H,12H2,1H3. The third-order valence-corrected chi connectivity index (χ3v) is 2.40. The van der Waals surface area contributed by atoms with Crippen LogP contribution in [0.2, 0.25) is 0 Å². The summed E-state index contributed by atoms with van der Waals surface area (Å²) in [6.45, 7) is 0. The first kappa shape index (κ1) is 11.8. The van der Waals surface area contributed by atoms with E-state index in [1.165, 1.54) is 31.8 Å². The molecular weight excluding hydrogens is 236 g/mol. The Morgan fingerprint density at radius 2 is 2.22 bits per heavy atom. The van der Waals surface area contributed by atoms with Crippen LogP contribution in [-0.2, 0) is 0 Å². The normalized spacial score (nSPS) is 10.1. The highest BCUT2D eigenvalue weighted by Crippen LogP contribution is 2.31. The lowest BCUT2D eigenvalue weighted by molar-refractivity contribution is -0.383. The van der Waals surface area contributed by atoms with E-state index in [9.17, 15) is 10.1 Å². The van der Waals surface area contributed by atoms with Gasteiger partial charge in [-0.1, -0.05) is 6.07 Å². The Labute approximate surface area is 102 Å². The number of rotatable bonds is 3. The molecule has 0 atom stereocenters. The maximum Gasteiger partial charge on any atom is 0.292 e. The molecule has 0 fully saturated rings. The number of hydrogen-bond donors (Lipinski definition) is 1. The molecule has 1 aromatic carbocycles. The molecule has 0 aliphatic heterocycles. The van der Waals surface area contributed by atoms with E-state index in [4.69, 9.17) is 10.5 Å². The summed E-state index contributed by atoms with van der Waals surface area (Å²) >= 11 is 0. The minimum Gasteiger partial charge on any atom is -0.493 e. The quantitative estimate of drug-likeness (QED) is 0.501. The zero-order valence-electron chi connectivity index (χ0n) is 9.53. The van der Waals surface area contributed by atoms with Crippen molar-refractivity contribution in [2.24, 2.45) is 0 Å². The van der Waals surface area contributed by atoms with Gasteiger partial charge in [0.05, 0.1) is 18.2 Å². The summed E-state index contributed by atoms with van der Waals surface area (Å²) in [6.07, 6.45) is 2.84. The molecule has 0 saturated heterocycles. The summed E-state index contributed by atoms with van der Waals surface area (Å²) in [5.74, 6) is 0.441. The first-order chi connectivity index (χ1) is 8.63. The average molecular weight is 246 g/mol. The Kier molecular flexibility index (Phi) is 3.05. The van der Waals surface area contributed by atoms with Gasteiger partial charge in [-0.05, 0) is 6.07 Å². The monoisotopic (exact) mass is 246 g/mol. The number of nitrogen functional groups attached to an aromatic ring is 1. The molecule has 0 unspecified atom stereocenters. The van der Waals surface area contributed by atoms with Crippen molar-refractivity contribution in [2.75, 3.05) is 12.8 Å². The first-order valence-corrected chi connectivity index (χ1v) is 5.01. The lowest BCUT2D eigenvalue weighted by atomic mass is 10.1. The predicted molar refractivity (Wildman–Crippen MR) is 65.1 cm³/mol. The van der Waals surface area contributed by atoms with Crippen molar-refractivity contribution in [1.82, 2.24) is 9.97 Å². The maximum absolute atomic E-state index is 10.8. The summed E-state index contributed by atoms with van der Waals surface area (Å²) in [7, 11) is 1.48. The third kappa shape index (κ3) is 2.05. The maximum atomic E-state index is 10.8. The Hall–Kier alpha value is -2.70. The second-order valence-electron chi connectivity index (χ2n) is 3.47. The van der Waals surface area contributed by atoms with Gasteiger partial charge in [0.2, 0.25) is 0 Å². The highest BCUT2D eigenvalue weighted by atomic mass is 16.6. The lowest BCUT2D eigenvalue weighted by Crippen LogP contribution is -1.97. The topological polar surface area (TPSA) is 104 Å². The number of nitrogens with zero attached hydrogens (tertiary/aromatic N) is 3. The minimum absolute atomic E-state index is 0.108. The van der Waals surface area contributed by atoms with Crippen molar-refractivity contribution in [3.63, 3.8) is 0 Å². The van der Waals surface area contributed by atoms with Crippen LogP contribution in [-0.4, -0.2) is 22.0 Å². The average Bonchev–Trinajstić information content (AvgIpc) is 2.39. The Bertz CT molecular complexity index is 601. The van der Waals surface area contributed by atoms with E-state index in [1.54, 1.807) is 6.07 Å². The molecular formula is C11H10N4O3. The zero-order chi connectivity index (χ0) is 13.1. The fraction of sp³-hybridized carbons (Fsp3) is 0.0909. The van der Waals surface area contributed by atoms with E-state index in [-0.39, 0.29) is 11.4 Å². The van der Waals surface area contributed by atoms with Gasteiger partial charge in [0.1, 0.15) is 17.7 Å². The van der Waals surface area contributed by atoms with Crippen LogP contribution in [0.4, 0.5) is 11.4 Å². The lowest BCUT2D eigenvalue weighted by Gasteiger charge is -2.06. The van der Waals surface area contributed by atoms with Crippen LogP contribution in [0, 0.1) is 10.1 Å². The third-order valence-electron chi connectivity index (χ3n) is 2.40. The van der Waals surface area contributed by atoms with Crippen LogP contribution in [0.1, 0.15) is 0 Å². The zero-order valence-corrected chi connectivity index (χ0v) is 9.53. The van der Waals surface area contributed by atoms with E-state index >= 15 is 0 Å². The molecule has 0 aliphatic rings. The highest BCUT2D eigenvalue weighted by molar-refractivity contribution is 5.73. The molecule has 92 valence electrons. The van der Waals surface area contributed by atoms with Crippen LogP contribution in [0.5, 0.6) is 5.75 Å². The molecule has 1 heterocycles. The van der Waals surface area contributed by atoms with Gasteiger partial charge < -0.3 is 10.5 Å². The predicted octanol–water partition coefficient (Wildman–Crippen LogP) is 1.64. The van der Waals surface area contributed by atoms with E-state index in [2.05, 4.69) is 9.97 Å². The van der Waals surface area contributed by atoms with Gasteiger partial charge >= 0.3 is 0 Å². The number of anilines is 1. The van der Waals surface area contributed by atoms with Gasteiger partial charge in [0, 0.05) is 11.6 Å². The molecule has 0 bridgehead atoms. The number of nitro benzene ring substituents is 1. The van der Waals surface area contributed by atoms with Crippen molar-refractivity contribution < 1.29 is 9.66 Å². The van der Waals surface area contributed by atoms with Crippen molar-refractivity contribution in [3.8, 4) is 17.0 Å². The molecule has 0 aliphatic carbocycles. The number of hydrogen-bond acceptors (Lipinski definition) is 6. The summed E-state index contributed by atoms with van der Waals surface area (Å²) in [6, 6.07) is 4.47. The Morgan fingerprint density at radius 1 is 1.44 bits per heavy atom. The van der Waals surface area contributed by atoms with Crippen LogP contribution >= 0.6 is 0 Å². The number of benzene rings is 1. The van der Waals surface area contributed by atoms with Crippen LogP contribution in [0.25, 0.3) is 11.3 Å².